The quantitative estimate of drug-likeness (QED) is 0.744. The van der Waals surface area contributed by atoms with Gasteiger partial charge in [-0.2, -0.15) is 5.26 Å². The summed E-state index contributed by atoms with van der Waals surface area (Å²) in [6, 6.07) is 9.74. The predicted molar refractivity (Wildman–Crippen MR) is 61.2 cm³/mol. The maximum Gasteiger partial charge on any atom is 0.125 e. The Hall–Kier alpha value is -2.12. The fraction of sp³-hybridized carbons (Fsp3) is 0.231. The predicted octanol–water partition coefficient (Wildman–Crippen LogP) is 1.87. The highest BCUT2D eigenvalue weighted by Crippen LogP contribution is 2.30. The maximum absolute atomic E-state index is 9.12. The first kappa shape index (κ1) is 10.1. The topological polar surface area (TPSA) is 50.8 Å². The summed E-state index contributed by atoms with van der Waals surface area (Å²) < 4.78 is 7.85. The molecule has 4 heteroatoms. The van der Waals surface area contributed by atoms with Crippen LogP contribution in [0.25, 0.3) is 0 Å². The molecule has 0 aliphatic carbocycles. The van der Waals surface area contributed by atoms with Crippen LogP contribution in [-0.2, 0) is 11.3 Å². The van der Waals surface area contributed by atoms with Gasteiger partial charge < -0.3 is 9.30 Å². The normalized spacial score (nSPS) is 18.4. The molecule has 1 aliphatic rings. The first-order valence-corrected chi connectivity index (χ1v) is 5.51. The van der Waals surface area contributed by atoms with Gasteiger partial charge in [0.1, 0.15) is 6.10 Å². The van der Waals surface area contributed by atoms with Crippen molar-refractivity contribution in [3.63, 3.8) is 0 Å². The summed E-state index contributed by atoms with van der Waals surface area (Å²) >= 11 is 0. The monoisotopic (exact) mass is 225 g/mol. The highest BCUT2D eigenvalue weighted by atomic mass is 16.5. The molecular weight excluding hydrogens is 214 g/mol. The van der Waals surface area contributed by atoms with Gasteiger partial charge in [-0.15, -0.1) is 0 Å². The molecule has 1 unspecified atom stereocenters. The lowest BCUT2D eigenvalue weighted by atomic mass is 10.0. The van der Waals surface area contributed by atoms with Crippen molar-refractivity contribution >= 4 is 0 Å². The molecule has 0 saturated carbocycles. The zero-order valence-corrected chi connectivity index (χ0v) is 9.21. The summed E-state index contributed by atoms with van der Waals surface area (Å²) in [5, 5.41) is 9.12. The molecule has 0 fully saturated rings. The zero-order valence-electron chi connectivity index (χ0n) is 9.21. The van der Waals surface area contributed by atoms with Crippen LogP contribution in [0.5, 0.6) is 0 Å². The van der Waals surface area contributed by atoms with Gasteiger partial charge in [0.05, 0.1) is 36.5 Å². The average Bonchev–Trinajstić information content (AvgIpc) is 2.86. The Bertz CT molecular complexity index is 582. The van der Waals surface area contributed by atoms with Crippen molar-refractivity contribution in [2.45, 2.75) is 12.6 Å². The van der Waals surface area contributed by atoms with Gasteiger partial charge in [0, 0.05) is 12.1 Å². The molecule has 17 heavy (non-hydrogen) atoms. The van der Waals surface area contributed by atoms with Gasteiger partial charge in [-0.05, 0) is 6.07 Å². The number of nitriles is 1. The summed E-state index contributed by atoms with van der Waals surface area (Å²) in [5.41, 5.74) is 2.59. The van der Waals surface area contributed by atoms with Crippen molar-refractivity contribution in [2.75, 3.05) is 6.61 Å². The molecule has 1 aliphatic heterocycles. The number of fused-ring (bicyclic) bond motifs is 1. The van der Waals surface area contributed by atoms with Crippen LogP contribution in [-0.4, -0.2) is 16.2 Å². The molecule has 1 aromatic heterocycles. The Kier molecular flexibility index (Phi) is 2.39. The van der Waals surface area contributed by atoms with E-state index < -0.39 is 0 Å². The van der Waals surface area contributed by atoms with E-state index in [9.17, 15) is 0 Å². The van der Waals surface area contributed by atoms with Crippen LogP contribution in [0.1, 0.15) is 22.9 Å². The first-order chi connectivity index (χ1) is 8.40. The molecule has 1 aromatic carbocycles. The van der Waals surface area contributed by atoms with E-state index in [1.165, 1.54) is 0 Å². The van der Waals surface area contributed by atoms with Gasteiger partial charge in [-0.1, -0.05) is 18.2 Å². The van der Waals surface area contributed by atoms with Gasteiger partial charge in [-0.3, -0.25) is 0 Å². The Morgan fingerprint density at radius 3 is 3.18 bits per heavy atom. The molecule has 2 aromatic rings. The molecule has 84 valence electrons. The van der Waals surface area contributed by atoms with Crippen LogP contribution in [0.4, 0.5) is 0 Å². The minimum absolute atomic E-state index is 0.179. The minimum atomic E-state index is -0.179. The fourth-order valence-corrected chi connectivity index (χ4v) is 2.17. The van der Waals surface area contributed by atoms with E-state index in [1.807, 2.05) is 24.3 Å². The lowest BCUT2D eigenvalue weighted by Gasteiger charge is -2.25. The summed E-state index contributed by atoms with van der Waals surface area (Å²) in [7, 11) is 0. The number of rotatable bonds is 1. The number of nitrogens with zero attached hydrogens (tertiary/aromatic N) is 3. The zero-order chi connectivity index (χ0) is 11.7. The smallest absolute Gasteiger partial charge is 0.125 e. The molecule has 0 N–H and O–H groups in total. The third-order valence-electron chi connectivity index (χ3n) is 2.99. The second-order valence-corrected chi connectivity index (χ2v) is 3.96. The molecule has 0 saturated heterocycles. The Morgan fingerprint density at radius 1 is 1.41 bits per heavy atom. The van der Waals surface area contributed by atoms with Crippen LogP contribution >= 0.6 is 0 Å². The second kappa shape index (κ2) is 4.04. The lowest BCUT2D eigenvalue weighted by molar-refractivity contribution is 0.0463. The van der Waals surface area contributed by atoms with Gasteiger partial charge in [0.25, 0.3) is 0 Å². The molecule has 0 bridgehead atoms. The molecule has 2 heterocycles. The highest BCUT2D eigenvalue weighted by Gasteiger charge is 2.24. The Morgan fingerprint density at radius 2 is 2.29 bits per heavy atom. The lowest BCUT2D eigenvalue weighted by Crippen LogP contribution is -2.22. The van der Waals surface area contributed by atoms with Crippen LogP contribution in [0, 0.1) is 11.3 Å². The van der Waals surface area contributed by atoms with Crippen molar-refractivity contribution in [2.24, 2.45) is 0 Å². The molecule has 1 atom stereocenters. The second-order valence-electron chi connectivity index (χ2n) is 3.96. The third kappa shape index (κ3) is 1.61. The van der Waals surface area contributed by atoms with Gasteiger partial charge >= 0.3 is 0 Å². The molecule has 0 spiro atoms. The van der Waals surface area contributed by atoms with E-state index in [0.717, 1.165) is 17.8 Å². The maximum atomic E-state index is 9.12. The number of ether oxygens (including phenoxy) is 1. The fourth-order valence-electron chi connectivity index (χ4n) is 2.17. The van der Waals surface area contributed by atoms with Crippen LogP contribution in [0.2, 0.25) is 0 Å². The number of benzene rings is 1. The van der Waals surface area contributed by atoms with Crippen molar-refractivity contribution in [3.05, 3.63) is 53.6 Å². The molecule has 4 nitrogen and oxygen atoms in total. The Balaban J connectivity index is 2.10. The van der Waals surface area contributed by atoms with Crippen molar-refractivity contribution in [3.8, 4) is 6.07 Å². The van der Waals surface area contributed by atoms with Crippen LogP contribution < -0.4 is 0 Å². The van der Waals surface area contributed by atoms with E-state index in [4.69, 9.17) is 10.00 Å². The van der Waals surface area contributed by atoms with Crippen LogP contribution in [0.15, 0.2) is 36.8 Å². The largest absolute Gasteiger partial charge is 0.365 e. The van der Waals surface area contributed by atoms with Gasteiger partial charge in [0.2, 0.25) is 0 Å². The van der Waals surface area contributed by atoms with E-state index in [2.05, 4.69) is 15.6 Å². The SMILES string of the molecule is N#Cc1ccccc1C1OCCn2cncc21. The molecular formula is C13H11N3O. The number of hydrogen-bond donors (Lipinski definition) is 0. The number of aromatic nitrogens is 2. The summed E-state index contributed by atoms with van der Waals surface area (Å²) in [5.74, 6) is 0. The van der Waals surface area contributed by atoms with E-state index in [-0.39, 0.29) is 6.10 Å². The number of hydrogen-bond acceptors (Lipinski definition) is 3. The van der Waals surface area contributed by atoms with Crippen molar-refractivity contribution in [1.29, 1.82) is 5.26 Å². The summed E-state index contributed by atoms with van der Waals surface area (Å²) in [6.07, 6.45) is 3.43. The minimum Gasteiger partial charge on any atom is -0.365 e. The molecule has 0 radical (unpaired) electrons. The molecule has 0 amide bonds. The van der Waals surface area contributed by atoms with E-state index in [0.29, 0.717) is 12.2 Å². The van der Waals surface area contributed by atoms with Crippen LogP contribution in [0.3, 0.4) is 0 Å². The standard InChI is InChI=1S/C13H11N3O/c14-7-10-3-1-2-4-11(10)13-12-8-15-9-16(12)5-6-17-13/h1-4,8-9,13H,5-6H2. The first-order valence-electron chi connectivity index (χ1n) is 5.51. The van der Waals surface area contributed by atoms with E-state index >= 15 is 0 Å². The number of imidazole rings is 1. The highest BCUT2D eigenvalue weighted by molar-refractivity contribution is 5.41. The van der Waals surface area contributed by atoms with Crippen molar-refractivity contribution < 1.29 is 4.74 Å². The van der Waals surface area contributed by atoms with Gasteiger partial charge in [-0.25, -0.2) is 4.98 Å². The van der Waals surface area contributed by atoms with E-state index in [1.54, 1.807) is 12.5 Å². The summed E-state index contributed by atoms with van der Waals surface area (Å²) in [6.45, 7) is 1.47. The summed E-state index contributed by atoms with van der Waals surface area (Å²) in [4.78, 5) is 4.14. The van der Waals surface area contributed by atoms with Gasteiger partial charge in [0.15, 0.2) is 0 Å². The average molecular weight is 225 g/mol. The molecule has 3 rings (SSSR count). The Labute approximate surface area is 99.1 Å². The third-order valence-corrected chi connectivity index (χ3v) is 2.99. The van der Waals surface area contributed by atoms with Crippen molar-refractivity contribution in [1.82, 2.24) is 9.55 Å².